The summed E-state index contributed by atoms with van der Waals surface area (Å²) in [5, 5.41) is 7.36. The maximum absolute atomic E-state index is 5.44. The third kappa shape index (κ3) is 15.4. The molecule has 166 valence electrons. The minimum Gasteiger partial charge on any atom is -0.361 e. The van der Waals surface area contributed by atoms with Crippen molar-refractivity contribution < 1.29 is 0 Å². The van der Waals surface area contributed by atoms with E-state index in [1.807, 2.05) is 30.3 Å². The predicted molar refractivity (Wildman–Crippen MR) is 134 cm³/mol. The van der Waals surface area contributed by atoms with Crippen LogP contribution in [0.1, 0.15) is 90.9 Å². The van der Waals surface area contributed by atoms with Crippen molar-refractivity contribution in [2.24, 2.45) is 0 Å². The van der Waals surface area contributed by atoms with Gasteiger partial charge in [-0.2, -0.15) is 0 Å². The number of nitrogens with zero attached hydrogens (tertiary/aromatic N) is 1. The summed E-state index contributed by atoms with van der Waals surface area (Å²) in [6.07, 6.45) is 16.4. The monoisotopic (exact) mass is 419 g/mol. The minimum atomic E-state index is 0.718. The van der Waals surface area contributed by atoms with Gasteiger partial charge in [-0.3, -0.25) is 0 Å². The summed E-state index contributed by atoms with van der Waals surface area (Å²) in [6, 6.07) is 10.1. The van der Waals surface area contributed by atoms with Gasteiger partial charge in [-0.1, -0.05) is 96.3 Å². The Balaban J connectivity index is 2.24. The SMILES string of the molecule is CCCCCCCCN(CCCCCCCC)CCNC(=S)Nc1ccccc1. The Labute approximate surface area is 186 Å². The molecular formula is C25H45N3S. The first-order valence-corrected chi connectivity index (χ1v) is 12.5. The molecule has 0 fully saturated rings. The maximum atomic E-state index is 5.44. The molecule has 4 heteroatoms. The van der Waals surface area contributed by atoms with Crippen LogP contribution in [0.5, 0.6) is 0 Å². The highest BCUT2D eigenvalue weighted by atomic mass is 32.1. The van der Waals surface area contributed by atoms with Crippen molar-refractivity contribution in [3.8, 4) is 0 Å². The number of thiocarbonyl (C=S) groups is 1. The number of hydrogen-bond donors (Lipinski definition) is 2. The molecule has 0 aliphatic carbocycles. The van der Waals surface area contributed by atoms with Crippen LogP contribution >= 0.6 is 12.2 Å². The van der Waals surface area contributed by atoms with E-state index in [0.29, 0.717) is 0 Å². The van der Waals surface area contributed by atoms with Crippen molar-refractivity contribution >= 4 is 23.0 Å². The summed E-state index contributed by atoms with van der Waals surface area (Å²) in [5.74, 6) is 0. The molecule has 0 heterocycles. The summed E-state index contributed by atoms with van der Waals surface area (Å²) in [6.45, 7) is 8.99. The molecule has 0 saturated heterocycles. The molecule has 0 unspecified atom stereocenters. The lowest BCUT2D eigenvalue weighted by Crippen LogP contribution is -2.37. The number of para-hydroxylation sites is 1. The molecule has 0 radical (unpaired) electrons. The smallest absolute Gasteiger partial charge is 0.170 e. The van der Waals surface area contributed by atoms with Crippen LogP contribution in [-0.4, -0.2) is 36.2 Å². The summed E-state index contributed by atoms with van der Waals surface area (Å²) in [7, 11) is 0. The van der Waals surface area contributed by atoms with E-state index >= 15 is 0 Å². The fourth-order valence-electron chi connectivity index (χ4n) is 3.59. The average Bonchev–Trinajstić information content (AvgIpc) is 2.73. The van der Waals surface area contributed by atoms with Gasteiger partial charge in [-0.25, -0.2) is 0 Å². The Hall–Kier alpha value is -1.13. The van der Waals surface area contributed by atoms with Crippen LogP contribution in [0.25, 0.3) is 0 Å². The molecule has 0 aromatic heterocycles. The standard InChI is InChI=1S/C25H45N3S/c1-3-5-7-9-11-16-21-28(22-17-12-10-8-6-4-2)23-20-26-25(29)27-24-18-14-13-15-19-24/h13-15,18-19H,3-12,16-17,20-23H2,1-2H3,(H2,26,27,29). The zero-order valence-corrected chi connectivity index (χ0v) is 19.9. The van der Waals surface area contributed by atoms with E-state index in [4.69, 9.17) is 12.2 Å². The van der Waals surface area contributed by atoms with Crippen LogP contribution in [0.2, 0.25) is 0 Å². The lowest BCUT2D eigenvalue weighted by Gasteiger charge is -2.23. The molecule has 0 spiro atoms. The molecular weight excluding hydrogens is 374 g/mol. The molecule has 1 aromatic carbocycles. The lowest BCUT2D eigenvalue weighted by atomic mass is 10.1. The van der Waals surface area contributed by atoms with Crippen LogP contribution < -0.4 is 10.6 Å². The molecule has 0 bridgehead atoms. The van der Waals surface area contributed by atoms with E-state index in [-0.39, 0.29) is 0 Å². The largest absolute Gasteiger partial charge is 0.361 e. The van der Waals surface area contributed by atoms with Crippen molar-refractivity contribution in [2.75, 3.05) is 31.5 Å². The Morgan fingerprint density at radius 2 is 1.24 bits per heavy atom. The normalized spacial score (nSPS) is 11.0. The number of unbranched alkanes of at least 4 members (excludes halogenated alkanes) is 10. The fourth-order valence-corrected chi connectivity index (χ4v) is 3.81. The van der Waals surface area contributed by atoms with Gasteiger partial charge >= 0.3 is 0 Å². The number of hydrogen-bond acceptors (Lipinski definition) is 2. The molecule has 2 N–H and O–H groups in total. The van der Waals surface area contributed by atoms with Crippen LogP contribution in [-0.2, 0) is 0 Å². The van der Waals surface area contributed by atoms with Gasteiger partial charge in [0.15, 0.2) is 5.11 Å². The van der Waals surface area contributed by atoms with E-state index in [1.165, 1.54) is 90.1 Å². The van der Waals surface area contributed by atoms with E-state index in [1.54, 1.807) is 0 Å². The topological polar surface area (TPSA) is 27.3 Å². The highest BCUT2D eigenvalue weighted by Crippen LogP contribution is 2.09. The van der Waals surface area contributed by atoms with Gasteiger partial charge in [0.2, 0.25) is 0 Å². The predicted octanol–water partition coefficient (Wildman–Crippen LogP) is 7.00. The number of anilines is 1. The van der Waals surface area contributed by atoms with Gasteiger partial charge in [0.25, 0.3) is 0 Å². The third-order valence-electron chi connectivity index (χ3n) is 5.40. The van der Waals surface area contributed by atoms with Crippen molar-refractivity contribution in [3.05, 3.63) is 30.3 Å². The summed E-state index contributed by atoms with van der Waals surface area (Å²) < 4.78 is 0. The molecule has 0 atom stereocenters. The van der Waals surface area contributed by atoms with Crippen molar-refractivity contribution in [2.45, 2.75) is 90.9 Å². The quantitative estimate of drug-likeness (QED) is 0.198. The lowest BCUT2D eigenvalue weighted by molar-refractivity contribution is 0.264. The van der Waals surface area contributed by atoms with E-state index in [9.17, 15) is 0 Å². The van der Waals surface area contributed by atoms with Gasteiger partial charge in [0, 0.05) is 18.8 Å². The second-order valence-corrected chi connectivity index (χ2v) is 8.53. The number of benzene rings is 1. The molecule has 1 aromatic rings. The molecule has 3 nitrogen and oxygen atoms in total. The molecule has 0 amide bonds. The highest BCUT2D eigenvalue weighted by Gasteiger charge is 2.05. The molecule has 0 saturated carbocycles. The van der Waals surface area contributed by atoms with Crippen molar-refractivity contribution in [1.82, 2.24) is 10.2 Å². The number of nitrogens with one attached hydrogen (secondary N) is 2. The molecule has 0 aliphatic rings. The second kappa shape index (κ2) is 18.9. The first-order chi connectivity index (χ1) is 14.3. The Morgan fingerprint density at radius 1 is 0.724 bits per heavy atom. The second-order valence-electron chi connectivity index (χ2n) is 8.12. The summed E-state index contributed by atoms with van der Waals surface area (Å²) >= 11 is 5.44. The minimum absolute atomic E-state index is 0.718. The van der Waals surface area contributed by atoms with Gasteiger partial charge in [0.1, 0.15) is 0 Å². The van der Waals surface area contributed by atoms with Crippen LogP contribution in [0, 0.1) is 0 Å². The van der Waals surface area contributed by atoms with Gasteiger partial charge in [0.05, 0.1) is 0 Å². The van der Waals surface area contributed by atoms with Crippen LogP contribution in [0.4, 0.5) is 5.69 Å². The first-order valence-electron chi connectivity index (χ1n) is 12.1. The fraction of sp³-hybridized carbons (Fsp3) is 0.720. The Kier molecular flexibility index (Phi) is 16.9. The zero-order valence-electron chi connectivity index (χ0n) is 19.1. The molecule has 1 rings (SSSR count). The average molecular weight is 420 g/mol. The van der Waals surface area contributed by atoms with Gasteiger partial charge < -0.3 is 15.5 Å². The van der Waals surface area contributed by atoms with Gasteiger partial charge in [-0.05, 0) is 50.3 Å². The maximum Gasteiger partial charge on any atom is 0.170 e. The van der Waals surface area contributed by atoms with Crippen molar-refractivity contribution in [1.29, 1.82) is 0 Å². The van der Waals surface area contributed by atoms with E-state index < -0.39 is 0 Å². The number of rotatable bonds is 18. The van der Waals surface area contributed by atoms with Gasteiger partial charge in [-0.15, -0.1) is 0 Å². The van der Waals surface area contributed by atoms with Crippen LogP contribution in [0.15, 0.2) is 30.3 Å². The van der Waals surface area contributed by atoms with Crippen molar-refractivity contribution in [3.63, 3.8) is 0 Å². The molecule has 29 heavy (non-hydrogen) atoms. The molecule has 0 aliphatic heterocycles. The Morgan fingerprint density at radius 3 is 1.79 bits per heavy atom. The first kappa shape index (κ1) is 25.9. The third-order valence-corrected chi connectivity index (χ3v) is 5.65. The highest BCUT2D eigenvalue weighted by molar-refractivity contribution is 7.80. The van der Waals surface area contributed by atoms with E-state index in [0.717, 1.165) is 23.9 Å². The van der Waals surface area contributed by atoms with E-state index in [2.05, 4.69) is 29.4 Å². The zero-order chi connectivity index (χ0) is 21.0. The Bertz CT molecular complexity index is 476. The van der Waals surface area contributed by atoms with Crippen LogP contribution in [0.3, 0.4) is 0 Å². The summed E-state index contributed by atoms with van der Waals surface area (Å²) in [5.41, 5.74) is 1.04. The summed E-state index contributed by atoms with van der Waals surface area (Å²) in [4.78, 5) is 2.64.